The van der Waals surface area contributed by atoms with Crippen LogP contribution in [0.25, 0.3) is 11.0 Å². The number of rotatable bonds is 4. The Bertz CT molecular complexity index is 984. The van der Waals surface area contributed by atoms with Crippen LogP contribution in [0.15, 0.2) is 36.4 Å². The normalized spacial score (nSPS) is 16.0. The van der Waals surface area contributed by atoms with E-state index < -0.39 is 5.97 Å². The molecule has 0 spiro atoms. The summed E-state index contributed by atoms with van der Waals surface area (Å²) in [7, 11) is 1.31. The number of carbonyl (C=O) groups excluding carboxylic acids is 2. The number of anilines is 1. The summed E-state index contributed by atoms with van der Waals surface area (Å²) >= 11 is 1.16. The molecule has 0 aliphatic carbocycles. The lowest BCUT2D eigenvalue weighted by molar-refractivity contribution is -0.142. The third kappa shape index (κ3) is 2.99. The number of esters is 1. The van der Waals surface area contributed by atoms with Gasteiger partial charge in [0.1, 0.15) is 16.8 Å². The number of aromatic nitrogens is 2. The Morgan fingerprint density at radius 1 is 1.23 bits per heavy atom. The summed E-state index contributed by atoms with van der Waals surface area (Å²) in [4.78, 5) is 23.3. The van der Waals surface area contributed by atoms with Crippen molar-refractivity contribution < 1.29 is 19.1 Å². The molecule has 0 radical (unpaired) electrons. The third-order valence-electron chi connectivity index (χ3n) is 4.35. The zero-order valence-electron chi connectivity index (χ0n) is 13.9. The molecule has 0 fully saturated rings. The van der Waals surface area contributed by atoms with Crippen LogP contribution in [0.5, 0.6) is 5.75 Å². The molecular formula is C18H15N3O4S. The van der Waals surface area contributed by atoms with Gasteiger partial charge in [-0.1, -0.05) is 12.1 Å². The lowest BCUT2D eigenvalue weighted by atomic mass is 9.84. The summed E-state index contributed by atoms with van der Waals surface area (Å²) in [5, 5.41) is 2.91. The van der Waals surface area contributed by atoms with Crippen LogP contribution in [0.3, 0.4) is 0 Å². The average Bonchev–Trinajstić information content (AvgIpc) is 3.14. The van der Waals surface area contributed by atoms with E-state index in [4.69, 9.17) is 4.74 Å². The molecule has 1 atom stereocenters. The monoisotopic (exact) mass is 369 g/mol. The van der Waals surface area contributed by atoms with Gasteiger partial charge < -0.3 is 14.8 Å². The molecule has 2 heterocycles. The fraction of sp³-hybridized carbons (Fsp3) is 0.222. The predicted molar refractivity (Wildman–Crippen MR) is 96.5 cm³/mol. The molecule has 26 heavy (non-hydrogen) atoms. The number of hydrogen-bond donors (Lipinski definition) is 1. The fourth-order valence-electron chi connectivity index (χ4n) is 3.10. The number of nitrogens with zero attached hydrogens (tertiary/aromatic N) is 2. The predicted octanol–water partition coefficient (Wildman–Crippen LogP) is 2.72. The van der Waals surface area contributed by atoms with Crippen LogP contribution in [0.1, 0.15) is 23.5 Å². The van der Waals surface area contributed by atoms with Crippen molar-refractivity contribution in [2.75, 3.05) is 19.0 Å². The van der Waals surface area contributed by atoms with E-state index in [-0.39, 0.29) is 18.4 Å². The minimum Gasteiger partial charge on any atom is -0.482 e. The zero-order valence-corrected chi connectivity index (χ0v) is 14.7. The molecule has 0 bridgehead atoms. The van der Waals surface area contributed by atoms with Gasteiger partial charge in [0.15, 0.2) is 6.61 Å². The van der Waals surface area contributed by atoms with Gasteiger partial charge in [-0.05, 0) is 29.8 Å². The molecule has 1 aliphatic heterocycles. The molecule has 132 valence electrons. The maximum atomic E-state index is 12.1. The molecule has 1 aliphatic rings. The van der Waals surface area contributed by atoms with E-state index in [0.717, 1.165) is 39.6 Å². The number of benzene rings is 2. The van der Waals surface area contributed by atoms with Crippen molar-refractivity contribution in [1.29, 1.82) is 0 Å². The van der Waals surface area contributed by atoms with Crippen LogP contribution in [0.2, 0.25) is 0 Å². The van der Waals surface area contributed by atoms with Crippen molar-refractivity contribution in [3.05, 3.63) is 47.5 Å². The number of methoxy groups -OCH3 is 1. The van der Waals surface area contributed by atoms with Crippen molar-refractivity contribution in [3.63, 3.8) is 0 Å². The Balaban J connectivity index is 1.67. The number of hydrogen-bond acceptors (Lipinski definition) is 7. The summed E-state index contributed by atoms with van der Waals surface area (Å²) in [6.07, 6.45) is 0.339. The molecule has 2 aromatic carbocycles. The quantitative estimate of drug-likeness (QED) is 0.711. The van der Waals surface area contributed by atoms with E-state index in [1.54, 1.807) is 12.1 Å². The first kappa shape index (κ1) is 16.5. The number of fused-ring (bicyclic) bond motifs is 3. The molecule has 1 N–H and O–H groups in total. The van der Waals surface area contributed by atoms with Crippen LogP contribution < -0.4 is 10.1 Å². The first-order valence-corrected chi connectivity index (χ1v) is 8.73. The molecule has 4 rings (SSSR count). The minimum absolute atomic E-state index is 0.0314. The highest BCUT2D eigenvalue weighted by Gasteiger charge is 2.29. The smallest absolute Gasteiger partial charge is 0.343 e. The van der Waals surface area contributed by atoms with Crippen LogP contribution >= 0.6 is 11.7 Å². The second kappa shape index (κ2) is 6.72. The molecule has 0 saturated carbocycles. The van der Waals surface area contributed by atoms with Crippen molar-refractivity contribution in [2.24, 2.45) is 0 Å². The van der Waals surface area contributed by atoms with Crippen molar-refractivity contribution >= 4 is 40.3 Å². The molecule has 0 saturated heterocycles. The Hall–Kier alpha value is -3.00. The molecule has 1 amide bonds. The highest BCUT2D eigenvalue weighted by molar-refractivity contribution is 7.00. The molecule has 3 aromatic rings. The lowest BCUT2D eigenvalue weighted by Crippen LogP contribution is -2.23. The number of carbonyl (C=O) groups is 2. The molecule has 7 nitrogen and oxygen atoms in total. The second-order valence-electron chi connectivity index (χ2n) is 5.90. The van der Waals surface area contributed by atoms with Crippen molar-refractivity contribution in [2.45, 2.75) is 12.3 Å². The van der Waals surface area contributed by atoms with E-state index >= 15 is 0 Å². The summed E-state index contributed by atoms with van der Waals surface area (Å²) in [5.41, 5.74) is 4.39. The van der Waals surface area contributed by atoms with Crippen molar-refractivity contribution in [1.82, 2.24) is 8.75 Å². The molecular weight excluding hydrogens is 354 g/mol. The molecule has 0 unspecified atom stereocenters. The summed E-state index contributed by atoms with van der Waals surface area (Å²) in [6.45, 7) is -0.143. The summed E-state index contributed by atoms with van der Waals surface area (Å²) < 4.78 is 18.6. The van der Waals surface area contributed by atoms with Gasteiger partial charge in [0.05, 0.1) is 18.8 Å². The fourth-order valence-corrected chi connectivity index (χ4v) is 3.65. The first-order chi connectivity index (χ1) is 12.7. The maximum Gasteiger partial charge on any atom is 0.343 e. The number of nitrogens with one attached hydrogen (secondary N) is 1. The highest BCUT2D eigenvalue weighted by atomic mass is 32.1. The van der Waals surface area contributed by atoms with Gasteiger partial charge in [0, 0.05) is 23.6 Å². The highest BCUT2D eigenvalue weighted by Crippen LogP contribution is 2.41. The van der Waals surface area contributed by atoms with Crippen LogP contribution in [0.4, 0.5) is 5.69 Å². The Morgan fingerprint density at radius 2 is 2.04 bits per heavy atom. The third-order valence-corrected chi connectivity index (χ3v) is 4.89. The van der Waals surface area contributed by atoms with Crippen molar-refractivity contribution in [3.8, 4) is 5.75 Å². The van der Waals surface area contributed by atoms with Crippen LogP contribution in [0, 0.1) is 0 Å². The lowest BCUT2D eigenvalue weighted by Gasteiger charge is -2.26. The van der Waals surface area contributed by atoms with Gasteiger partial charge in [0.2, 0.25) is 5.91 Å². The average molecular weight is 369 g/mol. The number of amides is 1. The Morgan fingerprint density at radius 3 is 2.81 bits per heavy atom. The van der Waals surface area contributed by atoms with E-state index in [1.165, 1.54) is 7.11 Å². The van der Waals surface area contributed by atoms with Gasteiger partial charge in [0.25, 0.3) is 0 Å². The summed E-state index contributed by atoms with van der Waals surface area (Å²) in [5.74, 6) is -0.0180. The SMILES string of the molecule is COC(=O)COc1ccc([C@H]2CC(=O)Nc3ccc4nsnc4c32)cc1. The van der Waals surface area contributed by atoms with Crippen LogP contribution in [-0.4, -0.2) is 34.3 Å². The van der Waals surface area contributed by atoms with Gasteiger partial charge in [-0.2, -0.15) is 8.75 Å². The Kier molecular flexibility index (Phi) is 4.26. The molecule has 1 aromatic heterocycles. The van der Waals surface area contributed by atoms with Gasteiger partial charge in [-0.15, -0.1) is 0 Å². The van der Waals surface area contributed by atoms with E-state index in [1.807, 2.05) is 24.3 Å². The second-order valence-corrected chi connectivity index (χ2v) is 6.43. The van der Waals surface area contributed by atoms with Gasteiger partial charge >= 0.3 is 5.97 Å². The minimum atomic E-state index is -0.439. The maximum absolute atomic E-state index is 12.1. The van der Waals surface area contributed by atoms with E-state index in [2.05, 4.69) is 18.8 Å². The van der Waals surface area contributed by atoms with Gasteiger partial charge in [-0.3, -0.25) is 4.79 Å². The largest absolute Gasteiger partial charge is 0.482 e. The van der Waals surface area contributed by atoms with E-state index in [0.29, 0.717) is 12.2 Å². The van der Waals surface area contributed by atoms with E-state index in [9.17, 15) is 9.59 Å². The number of ether oxygens (including phenoxy) is 2. The standard InChI is InChI=1S/C18H15N3O4S/c1-24-16(23)9-25-11-4-2-10(3-5-11)12-8-15(22)19-13-6-7-14-18(17(12)13)21-26-20-14/h2-7,12H,8-9H2,1H3,(H,19,22)/t12-/m1/s1. The zero-order chi connectivity index (χ0) is 18.1. The first-order valence-electron chi connectivity index (χ1n) is 8.00. The summed E-state index contributed by atoms with van der Waals surface area (Å²) in [6, 6.07) is 11.1. The van der Waals surface area contributed by atoms with Crippen LogP contribution in [-0.2, 0) is 14.3 Å². The Labute approximate surface area is 153 Å². The topological polar surface area (TPSA) is 90.4 Å². The molecule has 8 heteroatoms. The van der Waals surface area contributed by atoms with Gasteiger partial charge in [-0.25, -0.2) is 4.79 Å².